The fraction of sp³-hybridized carbons (Fsp3) is 0.366. The first-order valence-electron chi connectivity index (χ1n) is 15.1. The number of hydrogen-bond acceptors (Lipinski definition) is 1. The van der Waals surface area contributed by atoms with E-state index < -0.39 is 0 Å². The first kappa shape index (κ1) is 38.6. The van der Waals surface area contributed by atoms with Crippen molar-refractivity contribution in [3.8, 4) is 0 Å². The molecular weight excluding hydrogens is 508 g/mol. The molecule has 0 atom stereocenters. The third-order valence-corrected chi connectivity index (χ3v) is 6.42. The number of allylic oxidation sites excluding steroid dienone is 26. The van der Waals surface area contributed by atoms with Crippen molar-refractivity contribution >= 4 is 0 Å². The summed E-state index contributed by atoms with van der Waals surface area (Å²) in [6.45, 7) is 21.3. The van der Waals surface area contributed by atoms with Crippen molar-refractivity contribution in [1.82, 2.24) is 0 Å². The summed E-state index contributed by atoms with van der Waals surface area (Å²) >= 11 is 0. The van der Waals surface area contributed by atoms with Gasteiger partial charge in [0.1, 0.15) is 0 Å². The predicted molar refractivity (Wildman–Crippen MR) is 192 cm³/mol. The van der Waals surface area contributed by atoms with Crippen LogP contribution in [-0.4, -0.2) is 12.7 Å². The van der Waals surface area contributed by atoms with Crippen LogP contribution >= 0.6 is 0 Å². The van der Waals surface area contributed by atoms with E-state index in [9.17, 15) is 0 Å². The molecule has 42 heavy (non-hydrogen) atoms. The Balaban J connectivity index is 4.74. The monoisotopic (exact) mass is 566 g/mol. The van der Waals surface area contributed by atoms with Gasteiger partial charge in [0.2, 0.25) is 0 Å². The van der Waals surface area contributed by atoms with Gasteiger partial charge < -0.3 is 4.74 Å². The molecule has 0 N–H and O–H groups in total. The van der Waals surface area contributed by atoms with Crippen LogP contribution in [0.2, 0.25) is 0 Å². The van der Waals surface area contributed by atoms with E-state index in [4.69, 9.17) is 4.74 Å². The number of methoxy groups -OCH3 is 1. The van der Waals surface area contributed by atoms with E-state index in [0.717, 1.165) is 19.3 Å². The van der Waals surface area contributed by atoms with Gasteiger partial charge in [0.15, 0.2) is 0 Å². The van der Waals surface area contributed by atoms with Gasteiger partial charge in [-0.1, -0.05) is 154 Å². The molecule has 0 amide bonds. The van der Waals surface area contributed by atoms with Crippen molar-refractivity contribution in [2.24, 2.45) is 0 Å². The molecule has 0 fully saturated rings. The maximum absolute atomic E-state index is 5.50. The fourth-order valence-corrected chi connectivity index (χ4v) is 3.48. The average molecular weight is 567 g/mol. The first-order valence-corrected chi connectivity index (χ1v) is 15.1. The Hall–Kier alpha value is -3.42. The Labute approximate surface area is 259 Å². The second-order valence-corrected chi connectivity index (χ2v) is 11.8. The van der Waals surface area contributed by atoms with Gasteiger partial charge in [-0.2, -0.15) is 0 Å². The largest absolute Gasteiger partial charge is 0.379 e. The molecule has 0 bridgehead atoms. The van der Waals surface area contributed by atoms with Crippen LogP contribution in [0.15, 0.2) is 154 Å². The number of ether oxygens (including phenoxy) is 1. The van der Waals surface area contributed by atoms with Crippen LogP contribution in [0.1, 0.15) is 88.5 Å². The Morgan fingerprint density at radius 3 is 1.17 bits per heavy atom. The van der Waals surface area contributed by atoms with Crippen molar-refractivity contribution in [2.45, 2.75) is 94.1 Å². The molecule has 0 heterocycles. The van der Waals surface area contributed by atoms with Crippen LogP contribution in [0, 0.1) is 0 Å². The van der Waals surface area contributed by atoms with Crippen LogP contribution in [0.3, 0.4) is 0 Å². The molecular formula is C41H58O. The maximum atomic E-state index is 5.50. The molecule has 0 aliphatic heterocycles. The van der Waals surface area contributed by atoms with Gasteiger partial charge in [0, 0.05) is 7.11 Å². The third kappa shape index (κ3) is 24.4. The Bertz CT molecular complexity index is 1200. The molecule has 228 valence electrons. The molecule has 0 spiro atoms. The minimum atomic E-state index is -0.0344. The molecule has 0 aromatic carbocycles. The fourth-order valence-electron chi connectivity index (χ4n) is 3.48. The van der Waals surface area contributed by atoms with E-state index >= 15 is 0 Å². The van der Waals surface area contributed by atoms with Crippen LogP contribution in [0.4, 0.5) is 0 Å². The minimum absolute atomic E-state index is 0.0344. The second kappa shape index (κ2) is 23.2. The van der Waals surface area contributed by atoms with Crippen LogP contribution in [0.25, 0.3) is 0 Å². The Kier molecular flexibility index (Phi) is 21.3. The van der Waals surface area contributed by atoms with Gasteiger partial charge in [0.25, 0.3) is 0 Å². The Morgan fingerprint density at radius 2 is 0.810 bits per heavy atom. The zero-order valence-electron chi connectivity index (χ0n) is 28.5. The van der Waals surface area contributed by atoms with Gasteiger partial charge in [-0.05, 0) is 88.5 Å². The zero-order chi connectivity index (χ0) is 31.8. The topological polar surface area (TPSA) is 9.23 Å². The van der Waals surface area contributed by atoms with Crippen molar-refractivity contribution in [3.63, 3.8) is 0 Å². The molecule has 0 aromatic heterocycles. The normalized spacial score (nSPS) is 15.7. The van der Waals surface area contributed by atoms with E-state index in [2.05, 4.69) is 185 Å². The molecule has 0 radical (unpaired) electrons. The van der Waals surface area contributed by atoms with Crippen molar-refractivity contribution in [3.05, 3.63) is 154 Å². The lowest BCUT2D eigenvalue weighted by atomic mass is 9.99. The number of hydrogen-bond donors (Lipinski definition) is 0. The lowest BCUT2D eigenvalue weighted by Gasteiger charge is -2.22. The van der Waals surface area contributed by atoms with Gasteiger partial charge in [0.05, 0.1) is 5.60 Å². The van der Waals surface area contributed by atoms with E-state index in [1.54, 1.807) is 7.11 Å². The van der Waals surface area contributed by atoms with E-state index in [1.165, 1.54) is 39.0 Å². The van der Waals surface area contributed by atoms with Crippen LogP contribution in [-0.2, 0) is 4.74 Å². The van der Waals surface area contributed by atoms with E-state index in [0.29, 0.717) is 0 Å². The zero-order valence-corrected chi connectivity index (χ0v) is 28.5. The van der Waals surface area contributed by atoms with Crippen molar-refractivity contribution in [2.75, 3.05) is 7.11 Å². The smallest absolute Gasteiger partial charge is 0.0622 e. The summed E-state index contributed by atoms with van der Waals surface area (Å²) in [5.74, 6) is 0. The SMILES string of the molecule is COC(C)(C)CCC/C(C)=C/C=C/C(C)=C/C=C/C(C)=C/C=C/C=C(C)/C=C/C=C(C)/C=C/C=C(C)/C=C/C=C(C)C. The molecule has 0 aliphatic rings. The molecule has 1 heteroatoms. The van der Waals surface area contributed by atoms with E-state index in [-0.39, 0.29) is 5.60 Å². The quantitative estimate of drug-likeness (QED) is 0.159. The van der Waals surface area contributed by atoms with Crippen molar-refractivity contribution < 1.29 is 4.74 Å². The molecule has 0 aliphatic carbocycles. The highest BCUT2D eigenvalue weighted by molar-refractivity contribution is 5.33. The lowest BCUT2D eigenvalue weighted by Crippen LogP contribution is -2.21. The average Bonchev–Trinajstić information content (AvgIpc) is 2.91. The predicted octanol–water partition coefficient (Wildman–Crippen LogP) is 12.6. The highest BCUT2D eigenvalue weighted by Crippen LogP contribution is 2.18. The number of rotatable bonds is 17. The lowest BCUT2D eigenvalue weighted by molar-refractivity contribution is 0.0140. The molecule has 0 rings (SSSR count). The summed E-state index contributed by atoms with van der Waals surface area (Å²) in [7, 11) is 1.79. The first-order chi connectivity index (χ1) is 19.8. The summed E-state index contributed by atoms with van der Waals surface area (Å²) in [5.41, 5.74) is 8.73. The highest BCUT2D eigenvalue weighted by atomic mass is 16.5. The minimum Gasteiger partial charge on any atom is -0.379 e. The summed E-state index contributed by atoms with van der Waals surface area (Å²) in [6.07, 6.45) is 43.6. The summed E-state index contributed by atoms with van der Waals surface area (Å²) in [6, 6.07) is 0. The van der Waals surface area contributed by atoms with Gasteiger partial charge in [-0.15, -0.1) is 0 Å². The second-order valence-electron chi connectivity index (χ2n) is 11.8. The Morgan fingerprint density at radius 1 is 0.476 bits per heavy atom. The van der Waals surface area contributed by atoms with Gasteiger partial charge in [-0.3, -0.25) is 0 Å². The van der Waals surface area contributed by atoms with Crippen LogP contribution < -0.4 is 0 Å². The van der Waals surface area contributed by atoms with Crippen molar-refractivity contribution in [1.29, 1.82) is 0 Å². The van der Waals surface area contributed by atoms with Gasteiger partial charge in [-0.25, -0.2) is 0 Å². The highest BCUT2D eigenvalue weighted by Gasteiger charge is 2.14. The van der Waals surface area contributed by atoms with E-state index in [1.807, 2.05) is 0 Å². The molecule has 0 aromatic rings. The summed E-state index contributed by atoms with van der Waals surface area (Å²) < 4.78 is 5.50. The van der Waals surface area contributed by atoms with Gasteiger partial charge >= 0.3 is 0 Å². The molecule has 0 saturated heterocycles. The standard InChI is InChI=1S/C41H58O/c1-34(2)20-14-23-37(5)26-17-29-38(6)27-15-24-35(3)21-12-13-22-36(4)25-16-28-39(7)30-18-31-40(8)32-19-33-41(9,10)42-11/h12-18,20-31H,19,32-33H2,1-11H3/b13-12+,23-14+,24-15+,25-16+,29-17+,30-18+,35-21+,36-22+,37-26+,38-27+,39-28+,40-31+. The summed E-state index contributed by atoms with van der Waals surface area (Å²) in [5, 5.41) is 0. The van der Waals surface area contributed by atoms with Crippen LogP contribution in [0.5, 0.6) is 0 Å². The summed E-state index contributed by atoms with van der Waals surface area (Å²) in [4.78, 5) is 0. The third-order valence-electron chi connectivity index (χ3n) is 6.42. The molecule has 0 saturated carbocycles. The molecule has 1 nitrogen and oxygen atoms in total. The maximum Gasteiger partial charge on any atom is 0.0622 e. The molecule has 0 unspecified atom stereocenters.